The van der Waals surface area contributed by atoms with Gasteiger partial charge in [-0.3, -0.25) is 9.69 Å². The lowest BCUT2D eigenvalue weighted by Gasteiger charge is -2.35. The molecule has 0 atom stereocenters. The quantitative estimate of drug-likeness (QED) is 0.423. The number of rotatable bonds is 8. The third kappa shape index (κ3) is 6.10. The van der Waals surface area contributed by atoms with Crippen LogP contribution in [-0.2, 0) is 13.2 Å². The largest absolute Gasteiger partial charge is 0.493 e. The third-order valence-corrected chi connectivity index (χ3v) is 6.46. The van der Waals surface area contributed by atoms with Gasteiger partial charge in [0.25, 0.3) is 5.91 Å². The fourth-order valence-electron chi connectivity index (χ4n) is 4.12. The normalized spacial score (nSPS) is 14.1. The molecule has 0 spiro atoms. The van der Waals surface area contributed by atoms with Crippen LogP contribution in [0.4, 0.5) is 0 Å². The van der Waals surface area contributed by atoms with Gasteiger partial charge in [-0.05, 0) is 61.4 Å². The number of hydrogen-bond acceptors (Lipinski definition) is 4. The van der Waals surface area contributed by atoms with Crippen LogP contribution < -0.4 is 9.47 Å². The summed E-state index contributed by atoms with van der Waals surface area (Å²) < 4.78 is 11.8. The molecule has 6 heteroatoms. The van der Waals surface area contributed by atoms with Crippen molar-refractivity contribution in [2.24, 2.45) is 0 Å². The van der Waals surface area contributed by atoms with E-state index in [1.807, 2.05) is 61.2 Å². The van der Waals surface area contributed by atoms with Gasteiger partial charge in [-0.15, -0.1) is 0 Å². The van der Waals surface area contributed by atoms with Gasteiger partial charge in [0.2, 0.25) is 0 Å². The first-order chi connectivity index (χ1) is 16.5. The summed E-state index contributed by atoms with van der Waals surface area (Å²) in [6, 6.07) is 21.7. The van der Waals surface area contributed by atoms with Crippen molar-refractivity contribution in [3.63, 3.8) is 0 Å². The number of amides is 1. The molecular formula is C28H31ClN2O3. The van der Waals surface area contributed by atoms with Crippen molar-refractivity contribution in [2.45, 2.75) is 27.0 Å². The van der Waals surface area contributed by atoms with Crippen molar-refractivity contribution < 1.29 is 14.3 Å². The maximum absolute atomic E-state index is 13.3. The minimum atomic E-state index is 0.0472. The topological polar surface area (TPSA) is 42.0 Å². The van der Waals surface area contributed by atoms with Crippen LogP contribution in [-0.4, -0.2) is 48.5 Å². The molecule has 0 bridgehead atoms. The third-order valence-electron chi connectivity index (χ3n) is 6.04. The monoisotopic (exact) mass is 478 g/mol. The van der Waals surface area contributed by atoms with E-state index >= 15 is 0 Å². The highest BCUT2D eigenvalue weighted by Gasteiger charge is 2.23. The summed E-state index contributed by atoms with van der Waals surface area (Å²) >= 11 is 6.12. The number of halogens is 1. The fraction of sp³-hybridized carbons (Fsp3) is 0.321. The Morgan fingerprint density at radius 1 is 0.941 bits per heavy atom. The summed E-state index contributed by atoms with van der Waals surface area (Å²) in [4.78, 5) is 17.6. The van der Waals surface area contributed by atoms with Gasteiger partial charge in [0.05, 0.1) is 6.61 Å². The molecule has 178 valence electrons. The minimum absolute atomic E-state index is 0.0472. The summed E-state index contributed by atoms with van der Waals surface area (Å²) in [6.45, 7) is 8.82. The van der Waals surface area contributed by atoms with E-state index in [9.17, 15) is 4.79 Å². The molecule has 0 saturated carbocycles. The van der Waals surface area contributed by atoms with Crippen molar-refractivity contribution in [3.05, 3.63) is 94.0 Å². The highest BCUT2D eigenvalue weighted by Crippen LogP contribution is 2.26. The summed E-state index contributed by atoms with van der Waals surface area (Å²) in [7, 11) is 0. The summed E-state index contributed by atoms with van der Waals surface area (Å²) in [5, 5.41) is 0.707. The molecular weight excluding hydrogens is 448 g/mol. The molecule has 0 N–H and O–H groups in total. The number of benzene rings is 3. The second-order valence-corrected chi connectivity index (χ2v) is 8.92. The molecule has 1 heterocycles. The average molecular weight is 479 g/mol. The van der Waals surface area contributed by atoms with Crippen molar-refractivity contribution in [3.8, 4) is 11.5 Å². The number of carbonyl (C=O) groups excluding carboxylic acids is 1. The van der Waals surface area contributed by atoms with E-state index in [0.29, 0.717) is 23.8 Å². The Hall–Kier alpha value is -3.02. The van der Waals surface area contributed by atoms with Gasteiger partial charge < -0.3 is 14.4 Å². The average Bonchev–Trinajstić information content (AvgIpc) is 2.86. The maximum Gasteiger partial charge on any atom is 0.253 e. The minimum Gasteiger partial charge on any atom is -0.493 e. The number of ether oxygens (including phenoxy) is 2. The maximum atomic E-state index is 13.3. The molecule has 34 heavy (non-hydrogen) atoms. The zero-order chi connectivity index (χ0) is 23.9. The molecule has 1 aliphatic rings. The van der Waals surface area contributed by atoms with Crippen LogP contribution in [0.2, 0.25) is 5.02 Å². The Morgan fingerprint density at radius 3 is 2.41 bits per heavy atom. The van der Waals surface area contributed by atoms with Crippen molar-refractivity contribution in [2.75, 3.05) is 32.8 Å². The van der Waals surface area contributed by atoms with E-state index < -0.39 is 0 Å². The zero-order valence-corrected chi connectivity index (χ0v) is 20.6. The SMILES string of the molecule is CCOc1ccc(C(=O)N2CCN(Cc3ccccc3)CC2)cc1COc1ccc(Cl)c(C)c1. The first-order valence-corrected chi connectivity index (χ1v) is 12.1. The molecule has 1 saturated heterocycles. The molecule has 0 unspecified atom stereocenters. The zero-order valence-electron chi connectivity index (χ0n) is 19.8. The Balaban J connectivity index is 1.41. The summed E-state index contributed by atoms with van der Waals surface area (Å²) in [5.41, 5.74) is 3.77. The second kappa shape index (κ2) is 11.4. The molecule has 5 nitrogen and oxygen atoms in total. The predicted octanol–water partition coefficient (Wildman–Crippen LogP) is 5.58. The molecule has 0 radical (unpaired) electrons. The molecule has 4 rings (SSSR count). The van der Waals surface area contributed by atoms with Crippen molar-refractivity contribution in [1.82, 2.24) is 9.80 Å². The van der Waals surface area contributed by atoms with Crippen LogP contribution in [0.25, 0.3) is 0 Å². The predicted molar refractivity (Wildman–Crippen MR) is 136 cm³/mol. The second-order valence-electron chi connectivity index (χ2n) is 8.51. The van der Waals surface area contributed by atoms with E-state index in [2.05, 4.69) is 29.2 Å². The van der Waals surface area contributed by atoms with Crippen LogP contribution in [0.3, 0.4) is 0 Å². The highest BCUT2D eigenvalue weighted by atomic mass is 35.5. The molecule has 1 amide bonds. The van der Waals surface area contributed by atoms with E-state index in [1.165, 1.54) is 5.56 Å². The van der Waals surface area contributed by atoms with Gasteiger partial charge in [-0.25, -0.2) is 0 Å². The van der Waals surface area contributed by atoms with Gasteiger partial charge in [0, 0.05) is 48.9 Å². The van der Waals surface area contributed by atoms with Gasteiger partial charge in [0.1, 0.15) is 18.1 Å². The molecule has 3 aromatic rings. The lowest BCUT2D eigenvalue weighted by molar-refractivity contribution is 0.0628. The van der Waals surface area contributed by atoms with Gasteiger partial charge in [-0.1, -0.05) is 41.9 Å². The molecule has 1 aliphatic heterocycles. The highest BCUT2D eigenvalue weighted by molar-refractivity contribution is 6.31. The Bertz CT molecular complexity index is 1110. The Kier molecular flexibility index (Phi) is 8.09. The Morgan fingerprint density at radius 2 is 1.71 bits per heavy atom. The number of aryl methyl sites for hydroxylation is 1. The lowest BCUT2D eigenvalue weighted by Crippen LogP contribution is -2.48. The number of nitrogens with zero attached hydrogens (tertiary/aromatic N) is 2. The van der Waals surface area contributed by atoms with Crippen LogP contribution in [0.15, 0.2) is 66.7 Å². The fourth-order valence-corrected chi connectivity index (χ4v) is 4.24. The van der Waals surface area contributed by atoms with Gasteiger partial charge >= 0.3 is 0 Å². The van der Waals surface area contributed by atoms with E-state index in [0.717, 1.165) is 55.3 Å². The molecule has 0 aliphatic carbocycles. The lowest BCUT2D eigenvalue weighted by atomic mass is 10.1. The first-order valence-electron chi connectivity index (χ1n) is 11.7. The number of hydrogen-bond donors (Lipinski definition) is 0. The number of piperazine rings is 1. The van der Waals surface area contributed by atoms with E-state index in [4.69, 9.17) is 21.1 Å². The van der Waals surface area contributed by atoms with Crippen LogP contribution in [0.5, 0.6) is 11.5 Å². The smallest absolute Gasteiger partial charge is 0.253 e. The standard InChI is InChI=1S/C28H31ClN2O3/c1-3-33-27-12-9-23(18-24(27)20-34-25-10-11-26(29)21(2)17-25)28(32)31-15-13-30(14-16-31)19-22-7-5-4-6-8-22/h4-12,17-18H,3,13-16,19-20H2,1-2H3. The summed E-state index contributed by atoms with van der Waals surface area (Å²) in [6.07, 6.45) is 0. The van der Waals surface area contributed by atoms with E-state index in [-0.39, 0.29) is 5.91 Å². The van der Waals surface area contributed by atoms with Crippen LogP contribution >= 0.6 is 11.6 Å². The van der Waals surface area contributed by atoms with Crippen molar-refractivity contribution >= 4 is 17.5 Å². The van der Waals surface area contributed by atoms with Gasteiger partial charge in [-0.2, -0.15) is 0 Å². The summed E-state index contributed by atoms with van der Waals surface area (Å²) in [5.74, 6) is 1.51. The van der Waals surface area contributed by atoms with E-state index in [1.54, 1.807) is 0 Å². The van der Waals surface area contributed by atoms with Crippen molar-refractivity contribution in [1.29, 1.82) is 0 Å². The first kappa shape index (κ1) is 24.1. The Labute approximate surface area is 206 Å². The number of carbonyl (C=O) groups is 1. The molecule has 1 fully saturated rings. The molecule has 3 aromatic carbocycles. The van der Waals surface area contributed by atoms with Crippen LogP contribution in [0.1, 0.15) is 34.0 Å². The molecule has 0 aromatic heterocycles. The van der Waals surface area contributed by atoms with Crippen LogP contribution in [0, 0.1) is 6.92 Å². The van der Waals surface area contributed by atoms with Gasteiger partial charge in [0.15, 0.2) is 0 Å².